The standard InChI is InChI=1S/C29H29FNO/c1-17-14-23-22-11-10-20(30)15-26(22)32-28(23)27(18(17)2)25-13-12-21-19(16-29(3,4)5)8-7-9-24(21)31(25)6/h7-15H,16H2,1-6H3/q+1. The van der Waals surface area contributed by atoms with Gasteiger partial charge < -0.3 is 4.42 Å². The fraction of sp³-hybridized carbons (Fsp3) is 0.276. The van der Waals surface area contributed by atoms with E-state index < -0.39 is 0 Å². The molecule has 0 fully saturated rings. The largest absolute Gasteiger partial charge is 0.455 e. The molecule has 0 atom stereocenters. The van der Waals surface area contributed by atoms with Gasteiger partial charge in [-0.25, -0.2) is 4.39 Å². The number of fused-ring (bicyclic) bond motifs is 4. The number of aryl methyl sites for hydroxylation is 2. The van der Waals surface area contributed by atoms with Crippen molar-refractivity contribution in [1.29, 1.82) is 0 Å². The van der Waals surface area contributed by atoms with E-state index in [0.717, 1.165) is 34.0 Å². The average Bonchev–Trinajstić information content (AvgIpc) is 3.06. The molecule has 0 saturated heterocycles. The third kappa shape index (κ3) is 3.28. The van der Waals surface area contributed by atoms with Gasteiger partial charge in [-0.05, 0) is 66.6 Å². The Morgan fingerprint density at radius 2 is 1.66 bits per heavy atom. The first-order valence-corrected chi connectivity index (χ1v) is 11.2. The number of hydrogen-bond acceptors (Lipinski definition) is 1. The lowest BCUT2D eigenvalue weighted by Gasteiger charge is -2.19. The topological polar surface area (TPSA) is 17.0 Å². The van der Waals surface area contributed by atoms with E-state index in [1.807, 2.05) is 6.07 Å². The third-order valence-electron chi connectivity index (χ3n) is 6.53. The first kappa shape index (κ1) is 20.7. The SMILES string of the molecule is Cc1cc2c(oc3cc(F)ccc32)c(-c2ccc3c(CC(C)(C)C)cccc3[n+]2C)c1C. The Kier molecular flexibility index (Phi) is 4.63. The number of furan rings is 1. The Balaban J connectivity index is 1.82. The Morgan fingerprint density at radius 3 is 2.41 bits per heavy atom. The molecule has 0 aliphatic rings. The van der Waals surface area contributed by atoms with Gasteiger partial charge in [0, 0.05) is 34.4 Å². The summed E-state index contributed by atoms with van der Waals surface area (Å²) in [5.41, 5.74) is 8.71. The van der Waals surface area contributed by atoms with E-state index >= 15 is 0 Å². The number of aromatic nitrogens is 1. The van der Waals surface area contributed by atoms with Gasteiger partial charge in [-0.1, -0.05) is 32.9 Å². The highest BCUT2D eigenvalue weighted by Crippen LogP contribution is 2.39. The summed E-state index contributed by atoms with van der Waals surface area (Å²) in [6, 6.07) is 17.9. The molecule has 32 heavy (non-hydrogen) atoms. The van der Waals surface area contributed by atoms with Crippen molar-refractivity contribution < 1.29 is 13.4 Å². The van der Waals surface area contributed by atoms with E-state index in [2.05, 4.69) is 82.6 Å². The molecule has 0 unspecified atom stereocenters. The molecule has 0 radical (unpaired) electrons. The molecular weight excluding hydrogens is 397 g/mol. The molecule has 5 rings (SSSR count). The summed E-state index contributed by atoms with van der Waals surface area (Å²) in [6.07, 6.45) is 1.02. The van der Waals surface area contributed by atoms with Crippen LogP contribution in [0.4, 0.5) is 4.39 Å². The molecule has 2 heterocycles. The first-order valence-electron chi connectivity index (χ1n) is 11.2. The van der Waals surface area contributed by atoms with Crippen molar-refractivity contribution in [2.45, 2.75) is 41.0 Å². The molecule has 3 heteroatoms. The van der Waals surface area contributed by atoms with Crippen molar-refractivity contribution in [2.75, 3.05) is 0 Å². The zero-order valence-electron chi connectivity index (χ0n) is 19.6. The summed E-state index contributed by atoms with van der Waals surface area (Å²) in [7, 11) is 2.12. The van der Waals surface area contributed by atoms with Crippen LogP contribution in [-0.4, -0.2) is 0 Å². The van der Waals surface area contributed by atoms with Crippen LogP contribution in [-0.2, 0) is 13.5 Å². The van der Waals surface area contributed by atoms with Crippen LogP contribution in [0.15, 0.2) is 59.0 Å². The molecule has 2 nitrogen and oxygen atoms in total. The van der Waals surface area contributed by atoms with Crippen molar-refractivity contribution in [2.24, 2.45) is 12.5 Å². The van der Waals surface area contributed by atoms with Gasteiger partial charge in [0.2, 0.25) is 11.2 Å². The molecule has 0 aliphatic carbocycles. The maximum atomic E-state index is 13.9. The second kappa shape index (κ2) is 7.16. The fourth-order valence-electron chi connectivity index (χ4n) is 4.88. The summed E-state index contributed by atoms with van der Waals surface area (Å²) in [4.78, 5) is 0. The van der Waals surface area contributed by atoms with Crippen molar-refractivity contribution in [3.8, 4) is 11.3 Å². The number of nitrogens with zero attached hydrogens (tertiary/aromatic N) is 1. The van der Waals surface area contributed by atoms with Gasteiger partial charge in [0.15, 0.2) is 0 Å². The lowest BCUT2D eigenvalue weighted by atomic mass is 9.86. The van der Waals surface area contributed by atoms with Crippen LogP contribution in [0, 0.1) is 25.1 Å². The minimum absolute atomic E-state index is 0.217. The van der Waals surface area contributed by atoms with Crippen LogP contribution < -0.4 is 4.57 Å². The van der Waals surface area contributed by atoms with Crippen molar-refractivity contribution in [3.05, 3.63) is 77.1 Å². The second-order valence-corrected chi connectivity index (χ2v) is 10.2. The number of halogens is 1. The fourth-order valence-corrected chi connectivity index (χ4v) is 4.88. The van der Waals surface area contributed by atoms with Gasteiger partial charge in [-0.2, -0.15) is 4.57 Å². The molecule has 0 spiro atoms. The maximum absolute atomic E-state index is 13.9. The number of hydrogen-bond donors (Lipinski definition) is 0. The highest BCUT2D eigenvalue weighted by molar-refractivity contribution is 6.10. The highest BCUT2D eigenvalue weighted by Gasteiger charge is 2.24. The minimum Gasteiger partial charge on any atom is -0.455 e. The first-order chi connectivity index (χ1) is 15.1. The Morgan fingerprint density at radius 1 is 0.906 bits per heavy atom. The molecule has 3 aromatic carbocycles. The molecule has 0 bridgehead atoms. The molecule has 162 valence electrons. The zero-order valence-corrected chi connectivity index (χ0v) is 19.6. The predicted octanol–water partition coefficient (Wildman–Crippen LogP) is 7.58. The van der Waals surface area contributed by atoms with Crippen LogP contribution in [0.3, 0.4) is 0 Å². The molecule has 5 aromatic rings. The van der Waals surface area contributed by atoms with Crippen LogP contribution in [0.25, 0.3) is 44.1 Å². The average molecular weight is 427 g/mol. The normalized spacial score (nSPS) is 12.3. The number of pyridine rings is 1. The number of benzene rings is 3. The third-order valence-corrected chi connectivity index (χ3v) is 6.53. The molecule has 0 saturated carbocycles. The lowest BCUT2D eigenvalue weighted by Crippen LogP contribution is -2.32. The summed E-state index contributed by atoms with van der Waals surface area (Å²) < 4.78 is 22.4. The smallest absolute Gasteiger partial charge is 0.216 e. The van der Waals surface area contributed by atoms with E-state index in [-0.39, 0.29) is 11.2 Å². The van der Waals surface area contributed by atoms with Crippen LogP contribution in [0.2, 0.25) is 0 Å². The highest BCUT2D eigenvalue weighted by atomic mass is 19.1. The van der Waals surface area contributed by atoms with Gasteiger partial charge in [-0.15, -0.1) is 0 Å². The summed E-state index contributed by atoms with van der Waals surface area (Å²) in [5.74, 6) is -0.283. The maximum Gasteiger partial charge on any atom is 0.216 e. The molecule has 0 aliphatic heterocycles. The second-order valence-electron chi connectivity index (χ2n) is 10.2. The predicted molar refractivity (Wildman–Crippen MR) is 130 cm³/mol. The van der Waals surface area contributed by atoms with Crippen LogP contribution >= 0.6 is 0 Å². The molecule has 0 amide bonds. The summed E-state index contributed by atoms with van der Waals surface area (Å²) in [6.45, 7) is 11.1. The van der Waals surface area contributed by atoms with E-state index in [9.17, 15) is 4.39 Å². The van der Waals surface area contributed by atoms with E-state index in [1.54, 1.807) is 0 Å². The van der Waals surface area contributed by atoms with Gasteiger partial charge in [0.05, 0.1) is 5.56 Å². The Labute approximate surface area is 188 Å². The van der Waals surface area contributed by atoms with E-state index in [0.29, 0.717) is 5.58 Å². The van der Waals surface area contributed by atoms with Crippen LogP contribution in [0.1, 0.15) is 37.5 Å². The molecule has 0 N–H and O–H groups in total. The monoisotopic (exact) mass is 426 g/mol. The Hall–Kier alpha value is -3.20. The van der Waals surface area contributed by atoms with E-state index in [4.69, 9.17) is 4.42 Å². The lowest BCUT2D eigenvalue weighted by molar-refractivity contribution is -0.633. The van der Waals surface area contributed by atoms with E-state index in [1.165, 1.54) is 39.7 Å². The number of rotatable bonds is 2. The van der Waals surface area contributed by atoms with Gasteiger partial charge >= 0.3 is 0 Å². The van der Waals surface area contributed by atoms with Crippen molar-refractivity contribution >= 4 is 32.8 Å². The molecule has 2 aromatic heterocycles. The zero-order chi connectivity index (χ0) is 22.8. The van der Waals surface area contributed by atoms with Crippen molar-refractivity contribution in [3.63, 3.8) is 0 Å². The molecular formula is C29H29FNO+. The van der Waals surface area contributed by atoms with Gasteiger partial charge in [-0.3, -0.25) is 0 Å². The summed E-state index contributed by atoms with van der Waals surface area (Å²) in [5, 5.41) is 3.25. The quantitative estimate of drug-likeness (QED) is 0.266. The van der Waals surface area contributed by atoms with Crippen LogP contribution in [0.5, 0.6) is 0 Å². The summed E-state index contributed by atoms with van der Waals surface area (Å²) >= 11 is 0. The Bertz CT molecular complexity index is 1520. The van der Waals surface area contributed by atoms with Crippen molar-refractivity contribution in [1.82, 2.24) is 0 Å². The van der Waals surface area contributed by atoms with Gasteiger partial charge in [0.1, 0.15) is 24.0 Å². The minimum atomic E-state index is -0.283. The van der Waals surface area contributed by atoms with Gasteiger partial charge in [0.25, 0.3) is 0 Å².